The molecular weight excluding hydrogens is 304 g/mol. The highest BCUT2D eigenvalue weighted by Crippen LogP contribution is 2.34. The molecule has 2 unspecified atom stereocenters. The van der Waals surface area contributed by atoms with Crippen LogP contribution in [-0.4, -0.2) is 30.3 Å². The minimum Gasteiger partial charge on any atom is -0.493 e. The van der Waals surface area contributed by atoms with Crippen molar-refractivity contribution in [2.24, 2.45) is 0 Å². The van der Waals surface area contributed by atoms with E-state index in [9.17, 15) is 0 Å². The summed E-state index contributed by atoms with van der Waals surface area (Å²) in [5.41, 5.74) is 0. The Labute approximate surface area is 142 Å². The molecule has 1 saturated heterocycles. The topological polar surface area (TPSA) is 18.5 Å². The van der Waals surface area contributed by atoms with Crippen LogP contribution in [0.15, 0.2) is 41.3 Å². The summed E-state index contributed by atoms with van der Waals surface area (Å²) in [6, 6.07) is 13.1. The highest BCUT2D eigenvalue weighted by atomic mass is 32.2. The number of hydrogen-bond donors (Lipinski definition) is 0. The molecule has 124 valence electrons. The van der Waals surface area contributed by atoms with E-state index < -0.39 is 0 Å². The van der Waals surface area contributed by atoms with Crippen LogP contribution in [0.4, 0.5) is 0 Å². The molecule has 2 nitrogen and oxygen atoms in total. The number of rotatable bonds is 5. The first kappa shape index (κ1) is 16.7. The summed E-state index contributed by atoms with van der Waals surface area (Å²) >= 11 is 0. The van der Waals surface area contributed by atoms with Gasteiger partial charge in [-0.2, -0.15) is 0 Å². The number of unbranched alkanes of at least 4 members (excludes halogenated alkanes) is 1. The van der Waals surface area contributed by atoms with Gasteiger partial charge in [0.25, 0.3) is 0 Å². The maximum Gasteiger partial charge on any atom is 0.163 e. The first-order chi connectivity index (χ1) is 11.2. The standard InChI is InChI=1S/C20H27O2S/c1-4-5-12-21-19-10-11-20(18-9-7-6-8-17(18)19)23-13-15(2)22-16(3)14-23/h6-11,15-16H,4-5,12-14H2,1-3H3/q+1/t15-,16?,23?/m1/s1. The lowest BCUT2D eigenvalue weighted by atomic mass is 10.1. The van der Waals surface area contributed by atoms with E-state index in [1.807, 2.05) is 0 Å². The molecular formula is C20H27O2S+. The molecule has 0 spiro atoms. The fraction of sp³-hybridized carbons (Fsp3) is 0.500. The molecule has 1 aliphatic rings. The second kappa shape index (κ2) is 7.59. The van der Waals surface area contributed by atoms with Crippen LogP contribution in [0, 0.1) is 0 Å². The van der Waals surface area contributed by atoms with Crippen LogP contribution in [0.25, 0.3) is 10.8 Å². The Morgan fingerprint density at radius 1 is 1.04 bits per heavy atom. The predicted octanol–water partition coefficient (Wildman–Crippen LogP) is 4.80. The van der Waals surface area contributed by atoms with Crippen LogP contribution in [0.2, 0.25) is 0 Å². The molecule has 0 N–H and O–H groups in total. The average molecular weight is 332 g/mol. The molecule has 1 aliphatic heterocycles. The Bertz CT molecular complexity index is 645. The second-order valence-corrected chi connectivity index (χ2v) is 8.48. The molecule has 2 aromatic rings. The number of ether oxygens (including phenoxy) is 2. The van der Waals surface area contributed by atoms with Crippen molar-refractivity contribution in [1.82, 2.24) is 0 Å². The van der Waals surface area contributed by atoms with E-state index in [2.05, 4.69) is 57.2 Å². The molecule has 0 amide bonds. The molecule has 3 heteroatoms. The molecule has 0 bridgehead atoms. The monoisotopic (exact) mass is 331 g/mol. The second-order valence-electron chi connectivity index (χ2n) is 6.39. The van der Waals surface area contributed by atoms with Gasteiger partial charge < -0.3 is 9.47 Å². The molecule has 0 aromatic heterocycles. The van der Waals surface area contributed by atoms with Crippen LogP contribution < -0.4 is 4.74 Å². The number of hydrogen-bond acceptors (Lipinski definition) is 2. The van der Waals surface area contributed by atoms with E-state index in [0.717, 1.165) is 36.7 Å². The van der Waals surface area contributed by atoms with Crippen LogP contribution in [0.3, 0.4) is 0 Å². The highest BCUT2D eigenvalue weighted by molar-refractivity contribution is 7.97. The minimum atomic E-state index is 0.261. The summed E-state index contributed by atoms with van der Waals surface area (Å²) in [6.07, 6.45) is 2.96. The molecule has 0 saturated carbocycles. The van der Waals surface area contributed by atoms with Crippen molar-refractivity contribution >= 4 is 21.7 Å². The van der Waals surface area contributed by atoms with E-state index in [1.54, 1.807) is 0 Å². The summed E-state index contributed by atoms with van der Waals surface area (Å²) in [4.78, 5) is 1.48. The third kappa shape index (κ3) is 3.84. The van der Waals surface area contributed by atoms with Crippen molar-refractivity contribution in [2.75, 3.05) is 18.1 Å². The third-order valence-corrected chi connectivity index (χ3v) is 6.97. The first-order valence-electron chi connectivity index (χ1n) is 8.66. The maximum atomic E-state index is 6.02. The third-order valence-electron chi connectivity index (χ3n) is 4.25. The molecule has 3 rings (SSSR count). The molecule has 1 fully saturated rings. The SMILES string of the molecule is CCCCOc1ccc([S+]2CC(C)O[C@H](C)C2)c2ccccc12. The van der Waals surface area contributed by atoms with Gasteiger partial charge in [-0.1, -0.05) is 31.5 Å². The average Bonchev–Trinajstić information content (AvgIpc) is 2.54. The van der Waals surface area contributed by atoms with Gasteiger partial charge in [0, 0.05) is 21.7 Å². The van der Waals surface area contributed by atoms with Crippen LogP contribution in [0.5, 0.6) is 5.75 Å². The van der Waals surface area contributed by atoms with Crippen LogP contribution in [-0.2, 0) is 15.6 Å². The molecule has 23 heavy (non-hydrogen) atoms. The van der Waals surface area contributed by atoms with Crippen molar-refractivity contribution < 1.29 is 9.47 Å². The Kier molecular flexibility index (Phi) is 5.50. The minimum absolute atomic E-state index is 0.261. The smallest absolute Gasteiger partial charge is 0.163 e. The molecule has 2 aromatic carbocycles. The van der Waals surface area contributed by atoms with Gasteiger partial charge >= 0.3 is 0 Å². The van der Waals surface area contributed by atoms with Crippen molar-refractivity contribution in [3.63, 3.8) is 0 Å². The number of benzene rings is 2. The van der Waals surface area contributed by atoms with Gasteiger partial charge in [0.2, 0.25) is 0 Å². The van der Waals surface area contributed by atoms with Gasteiger partial charge in [-0.05, 0) is 38.5 Å². The van der Waals surface area contributed by atoms with E-state index in [-0.39, 0.29) is 10.9 Å². The predicted molar refractivity (Wildman–Crippen MR) is 99.7 cm³/mol. The normalized spacial score (nSPS) is 24.7. The quantitative estimate of drug-likeness (QED) is 0.578. The fourth-order valence-electron chi connectivity index (χ4n) is 3.24. The van der Waals surface area contributed by atoms with Gasteiger partial charge in [0.05, 0.1) is 6.61 Å². The van der Waals surface area contributed by atoms with E-state index in [0.29, 0.717) is 12.2 Å². The summed E-state index contributed by atoms with van der Waals surface area (Å²) < 4.78 is 11.9. The van der Waals surface area contributed by atoms with Gasteiger partial charge in [0.15, 0.2) is 4.90 Å². The molecule has 0 aliphatic carbocycles. The van der Waals surface area contributed by atoms with E-state index in [4.69, 9.17) is 9.47 Å². The summed E-state index contributed by atoms with van der Waals surface area (Å²) in [5, 5.41) is 2.60. The van der Waals surface area contributed by atoms with Gasteiger partial charge in [-0.15, -0.1) is 0 Å². The lowest BCUT2D eigenvalue weighted by Crippen LogP contribution is -2.38. The lowest BCUT2D eigenvalue weighted by Gasteiger charge is -2.26. The zero-order valence-electron chi connectivity index (χ0n) is 14.4. The maximum absolute atomic E-state index is 6.02. The Morgan fingerprint density at radius 2 is 1.74 bits per heavy atom. The lowest BCUT2D eigenvalue weighted by molar-refractivity contribution is 0.0279. The molecule has 1 heterocycles. The summed E-state index contributed by atoms with van der Waals surface area (Å²) in [7, 11) is 0.261. The number of fused-ring (bicyclic) bond motifs is 1. The van der Waals surface area contributed by atoms with Crippen molar-refractivity contribution in [2.45, 2.75) is 50.7 Å². The van der Waals surface area contributed by atoms with Gasteiger partial charge in [0.1, 0.15) is 29.5 Å². The first-order valence-corrected chi connectivity index (χ1v) is 10.2. The van der Waals surface area contributed by atoms with Crippen LogP contribution in [0.1, 0.15) is 33.6 Å². The van der Waals surface area contributed by atoms with Gasteiger partial charge in [-0.3, -0.25) is 0 Å². The zero-order valence-corrected chi connectivity index (χ0v) is 15.2. The summed E-state index contributed by atoms with van der Waals surface area (Å²) in [6.45, 7) is 7.38. The largest absolute Gasteiger partial charge is 0.493 e. The van der Waals surface area contributed by atoms with E-state index >= 15 is 0 Å². The van der Waals surface area contributed by atoms with Crippen LogP contribution >= 0.6 is 0 Å². The Hall–Kier alpha value is -1.19. The van der Waals surface area contributed by atoms with Crippen molar-refractivity contribution in [3.8, 4) is 5.75 Å². The fourth-order valence-corrected chi connectivity index (χ4v) is 5.77. The van der Waals surface area contributed by atoms with Crippen molar-refractivity contribution in [3.05, 3.63) is 36.4 Å². The molecule has 3 atom stereocenters. The Balaban J connectivity index is 1.94. The van der Waals surface area contributed by atoms with Crippen molar-refractivity contribution in [1.29, 1.82) is 0 Å². The molecule has 0 radical (unpaired) electrons. The zero-order chi connectivity index (χ0) is 16.2. The summed E-state index contributed by atoms with van der Waals surface area (Å²) in [5.74, 6) is 3.28. The van der Waals surface area contributed by atoms with E-state index in [1.165, 1.54) is 15.7 Å². The highest BCUT2D eigenvalue weighted by Gasteiger charge is 2.35. The Morgan fingerprint density at radius 3 is 2.43 bits per heavy atom. The van der Waals surface area contributed by atoms with Gasteiger partial charge in [-0.25, -0.2) is 0 Å².